The van der Waals surface area contributed by atoms with Crippen LogP contribution in [0, 0.1) is 0 Å². The molecular formula is C31H30N2O4. The summed E-state index contributed by atoms with van der Waals surface area (Å²) in [5.74, 6) is 0.748. The maximum Gasteiger partial charge on any atom is 0.254 e. The first kappa shape index (κ1) is 24.4. The van der Waals surface area contributed by atoms with Gasteiger partial charge in [-0.1, -0.05) is 42.5 Å². The number of amides is 1. The Balaban J connectivity index is 1.48. The van der Waals surface area contributed by atoms with Gasteiger partial charge in [-0.3, -0.25) is 9.59 Å². The number of Topliss-reactive ketones (excluding diaryl/α,β-unsaturated/α-hetero) is 1. The van der Waals surface area contributed by atoms with Crippen LogP contribution in [0.2, 0.25) is 0 Å². The molecule has 0 unspecified atom stereocenters. The normalized spacial score (nSPS) is 17.1. The van der Waals surface area contributed by atoms with Crippen LogP contribution in [0.4, 0.5) is 5.69 Å². The third-order valence-electron chi connectivity index (χ3n) is 6.81. The van der Waals surface area contributed by atoms with Gasteiger partial charge in [-0.2, -0.15) is 0 Å². The Bertz CT molecular complexity index is 1370. The molecule has 0 radical (unpaired) electrons. The number of hydrogen-bond acceptors (Lipinski definition) is 5. The van der Waals surface area contributed by atoms with E-state index in [4.69, 9.17) is 9.47 Å². The second-order valence-corrected chi connectivity index (χ2v) is 9.30. The van der Waals surface area contributed by atoms with Gasteiger partial charge in [0.2, 0.25) is 0 Å². The van der Waals surface area contributed by atoms with E-state index in [9.17, 15) is 9.59 Å². The average molecular weight is 495 g/mol. The third-order valence-corrected chi connectivity index (χ3v) is 6.81. The van der Waals surface area contributed by atoms with Crippen molar-refractivity contribution in [3.63, 3.8) is 0 Å². The zero-order valence-corrected chi connectivity index (χ0v) is 21.0. The maximum absolute atomic E-state index is 13.7. The summed E-state index contributed by atoms with van der Waals surface area (Å²) in [7, 11) is 1.60. The van der Waals surface area contributed by atoms with Crippen molar-refractivity contribution >= 4 is 17.4 Å². The summed E-state index contributed by atoms with van der Waals surface area (Å²) in [6, 6.07) is 24.9. The number of ether oxygens (including phenoxy) is 2. The van der Waals surface area contributed by atoms with Crippen LogP contribution in [0.15, 0.2) is 101 Å². The second-order valence-electron chi connectivity index (χ2n) is 9.30. The minimum atomic E-state index is -0.484. The molecule has 6 nitrogen and oxygen atoms in total. The van der Waals surface area contributed by atoms with Crippen LogP contribution in [-0.4, -0.2) is 18.8 Å². The fourth-order valence-corrected chi connectivity index (χ4v) is 5.02. The van der Waals surface area contributed by atoms with Crippen LogP contribution in [0.3, 0.4) is 0 Å². The van der Waals surface area contributed by atoms with E-state index in [0.717, 1.165) is 35.4 Å². The van der Waals surface area contributed by atoms with Gasteiger partial charge in [0.1, 0.15) is 18.1 Å². The van der Waals surface area contributed by atoms with Crippen molar-refractivity contribution < 1.29 is 19.1 Å². The highest BCUT2D eigenvalue weighted by atomic mass is 16.5. The number of anilines is 1. The summed E-state index contributed by atoms with van der Waals surface area (Å²) in [5, 5.41) is 6.38. The van der Waals surface area contributed by atoms with Crippen molar-refractivity contribution in [1.29, 1.82) is 0 Å². The predicted octanol–water partition coefficient (Wildman–Crippen LogP) is 5.88. The minimum Gasteiger partial charge on any atom is -0.497 e. The van der Waals surface area contributed by atoms with Crippen molar-refractivity contribution in [2.45, 2.75) is 38.7 Å². The SMILES string of the molecule is COc1ccc(NC(=O)C2=C(C)NC3=C(C(=O)CCC3)[C@@H]2c2cccc(OCc3ccccc3)c2)cc1. The van der Waals surface area contributed by atoms with E-state index in [1.54, 1.807) is 31.4 Å². The number of ketones is 1. The zero-order valence-electron chi connectivity index (χ0n) is 21.0. The molecule has 1 atom stereocenters. The number of rotatable bonds is 7. The van der Waals surface area contributed by atoms with Crippen LogP contribution in [0.25, 0.3) is 0 Å². The molecule has 0 aromatic heterocycles. The Kier molecular flexibility index (Phi) is 7.08. The number of allylic oxidation sites excluding steroid dienone is 3. The first-order valence-electron chi connectivity index (χ1n) is 12.5. The topological polar surface area (TPSA) is 76.7 Å². The predicted molar refractivity (Wildman–Crippen MR) is 143 cm³/mol. The van der Waals surface area contributed by atoms with Gasteiger partial charge in [0.15, 0.2) is 5.78 Å². The molecule has 1 amide bonds. The van der Waals surface area contributed by atoms with Gasteiger partial charge < -0.3 is 20.1 Å². The lowest BCUT2D eigenvalue weighted by Gasteiger charge is -2.34. The molecule has 1 aliphatic carbocycles. The standard InChI is InChI=1S/C31H30N2O4/c1-20-28(31(35)33-23-14-16-24(36-2)17-15-23)29(30-26(32-20)12-7-13-27(30)34)22-10-6-11-25(18-22)37-19-21-8-4-3-5-9-21/h3-6,8-11,14-18,29,32H,7,12-13,19H2,1-2H3,(H,33,35)/t29-/m1/s1. The molecule has 1 aliphatic heterocycles. The molecule has 0 saturated heterocycles. The monoisotopic (exact) mass is 494 g/mol. The van der Waals surface area contributed by atoms with E-state index in [0.29, 0.717) is 41.4 Å². The number of methoxy groups -OCH3 is 1. The molecule has 0 bridgehead atoms. The van der Waals surface area contributed by atoms with Crippen molar-refractivity contribution in [2.24, 2.45) is 0 Å². The molecule has 0 fully saturated rings. The van der Waals surface area contributed by atoms with Crippen molar-refractivity contribution in [2.75, 3.05) is 12.4 Å². The van der Waals surface area contributed by atoms with E-state index in [1.807, 2.05) is 61.5 Å². The molecule has 2 aliphatic rings. The smallest absolute Gasteiger partial charge is 0.254 e. The molecule has 0 saturated carbocycles. The van der Waals surface area contributed by atoms with Gasteiger partial charge in [0, 0.05) is 40.6 Å². The third kappa shape index (κ3) is 5.28. The lowest BCUT2D eigenvalue weighted by molar-refractivity contribution is -0.116. The van der Waals surface area contributed by atoms with E-state index >= 15 is 0 Å². The molecule has 0 spiro atoms. The summed E-state index contributed by atoms with van der Waals surface area (Å²) in [6.45, 7) is 2.33. The fourth-order valence-electron chi connectivity index (χ4n) is 5.02. The van der Waals surface area contributed by atoms with E-state index < -0.39 is 5.92 Å². The van der Waals surface area contributed by atoms with Crippen LogP contribution in [0.1, 0.15) is 43.2 Å². The minimum absolute atomic E-state index is 0.0802. The van der Waals surface area contributed by atoms with Gasteiger partial charge in [0.05, 0.1) is 7.11 Å². The zero-order chi connectivity index (χ0) is 25.8. The molecule has 188 valence electrons. The summed E-state index contributed by atoms with van der Waals surface area (Å²) in [5.41, 5.74) is 5.45. The van der Waals surface area contributed by atoms with Gasteiger partial charge in [-0.15, -0.1) is 0 Å². The second kappa shape index (κ2) is 10.7. The highest BCUT2D eigenvalue weighted by Gasteiger charge is 2.38. The van der Waals surface area contributed by atoms with Gasteiger partial charge >= 0.3 is 0 Å². The Labute approximate surface area is 217 Å². The molecular weight excluding hydrogens is 464 g/mol. The van der Waals surface area contributed by atoms with Crippen molar-refractivity contribution in [3.05, 3.63) is 113 Å². The number of carbonyl (C=O) groups is 2. The van der Waals surface area contributed by atoms with Crippen LogP contribution in [-0.2, 0) is 16.2 Å². The highest BCUT2D eigenvalue weighted by Crippen LogP contribution is 2.43. The van der Waals surface area contributed by atoms with Crippen LogP contribution >= 0.6 is 0 Å². The molecule has 3 aromatic carbocycles. The highest BCUT2D eigenvalue weighted by molar-refractivity contribution is 6.09. The maximum atomic E-state index is 13.7. The molecule has 6 heteroatoms. The first-order chi connectivity index (χ1) is 18.0. The lowest BCUT2D eigenvalue weighted by atomic mass is 9.75. The first-order valence-corrected chi connectivity index (χ1v) is 12.5. The largest absolute Gasteiger partial charge is 0.497 e. The quantitative estimate of drug-likeness (QED) is 0.429. The van der Waals surface area contributed by atoms with Crippen molar-refractivity contribution in [1.82, 2.24) is 5.32 Å². The van der Waals surface area contributed by atoms with Crippen LogP contribution < -0.4 is 20.1 Å². The number of nitrogens with one attached hydrogen (secondary N) is 2. The lowest BCUT2D eigenvalue weighted by Crippen LogP contribution is -2.35. The summed E-state index contributed by atoms with van der Waals surface area (Å²) >= 11 is 0. The van der Waals surface area contributed by atoms with Gasteiger partial charge in [-0.25, -0.2) is 0 Å². The molecule has 1 heterocycles. The van der Waals surface area contributed by atoms with E-state index in [2.05, 4.69) is 10.6 Å². The van der Waals surface area contributed by atoms with Crippen molar-refractivity contribution in [3.8, 4) is 11.5 Å². The summed E-state index contributed by atoms with van der Waals surface area (Å²) in [6.07, 6.45) is 2.07. The Morgan fingerprint density at radius 2 is 1.76 bits per heavy atom. The fraction of sp³-hybridized carbons (Fsp3) is 0.226. The number of dihydropyridines is 1. The molecule has 3 aromatic rings. The Morgan fingerprint density at radius 1 is 0.973 bits per heavy atom. The van der Waals surface area contributed by atoms with Gasteiger partial charge in [-0.05, 0) is 67.3 Å². The molecule has 5 rings (SSSR count). The summed E-state index contributed by atoms with van der Waals surface area (Å²) < 4.78 is 11.3. The average Bonchev–Trinajstić information content (AvgIpc) is 2.92. The number of benzene rings is 3. The number of carbonyl (C=O) groups excluding carboxylic acids is 2. The number of hydrogen-bond donors (Lipinski definition) is 2. The Hall–Kier alpha value is -4.32. The van der Waals surface area contributed by atoms with Crippen LogP contribution in [0.5, 0.6) is 11.5 Å². The van der Waals surface area contributed by atoms with E-state index in [-0.39, 0.29) is 11.7 Å². The van der Waals surface area contributed by atoms with Gasteiger partial charge in [0.25, 0.3) is 5.91 Å². The van der Waals surface area contributed by atoms with E-state index in [1.165, 1.54) is 0 Å². The molecule has 2 N–H and O–H groups in total. The molecule has 37 heavy (non-hydrogen) atoms. The summed E-state index contributed by atoms with van der Waals surface area (Å²) in [4.78, 5) is 26.9. The Morgan fingerprint density at radius 3 is 2.51 bits per heavy atom.